The molecule has 1 atom stereocenters. The molecular weight excluding hydrogens is 214 g/mol. The first-order valence-electron chi connectivity index (χ1n) is 5.74. The fourth-order valence-electron chi connectivity index (χ4n) is 1.75. The van der Waals surface area contributed by atoms with Gasteiger partial charge in [-0.15, -0.1) is 0 Å². The predicted molar refractivity (Wildman–Crippen MR) is 65.5 cm³/mol. The zero-order valence-corrected chi connectivity index (χ0v) is 10.4. The van der Waals surface area contributed by atoms with Gasteiger partial charge in [0, 0.05) is 24.3 Å². The summed E-state index contributed by atoms with van der Waals surface area (Å²) >= 11 is 0. The largest absolute Gasteiger partial charge is 0.361 e. The molecule has 2 aromatic rings. The van der Waals surface area contributed by atoms with Gasteiger partial charge >= 0.3 is 0 Å². The second-order valence-electron chi connectivity index (χ2n) is 4.16. The van der Waals surface area contributed by atoms with Crippen LogP contribution < -0.4 is 5.32 Å². The van der Waals surface area contributed by atoms with E-state index < -0.39 is 0 Å². The number of aryl methyl sites for hydroxylation is 2. The third-order valence-corrected chi connectivity index (χ3v) is 2.90. The molecule has 0 radical (unpaired) electrons. The molecule has 0 bridgehead atoms. The van der Waals surface area contributed by atoms with Gasteiger partial charge in [-0.1, -0.05) is 11.2 Å². The maximum atomic E-state index is 5.13. The van der Waals surface area contributed by atoms with Crippen molar-refractivity contribution in [3.05, 3.63) is 47.1 Å². The molecule has 0 aliphatic carbocycles. The van der Waals surface area contributed by atoms with Crippen molar-refractivity contribution >= 4 is 0 Å². The summed E-state index contributed by atoms with van der Waals surface area (Å²) in [5.41, 5.74) is 3.12. The third kappa shape index (κ3) is 2.71. The van der Waals surface area contributed by atoms with Gasteiger partial charge < -0.3 is 9.84 Å². The lowest BCUT2D eigenvalue weighted by atomic mass is 10.1. The van der Waals surface area contributed by atoms with E-state index in [9.17, 15) is 0 Å². The van der Waals surface area contributed by atoms with E-state index in [1.807, 2.05) is 38.2 Å². The van der Waals surface area contributed by atoms with Crippen LogP contribution in [0, 0.1) is 13.8 Å². The Hall–Kier alpha value is -1.68. The number of pyridine rings is 1. The fourth-order valence-corrected chi connectivity index (χ4v) is 1.75. The zero-order valence-electron chi connectivity index (χ0n) is 10.4. The van der Waals surface area contributed by atoms with Crippen LogP contribution in [0.5, 0.6) is 0 Å². The highest BCUT2D eigenvalue weighted by atomic mass is 16.5. The van der Waals surface area contributed by atoms with Gasteiger partial charge in [0.25, 0.3) is 0 Å². The molecule has 2 heterocycles. The first kappa shape index (κ1) is 11.8. The van der Waals surface area contributed by atoms with E-state index >= 15 is 0 Å². The Morgan fingerprint density at radius 3 is 2.76 bits per heavy atom. The van der Waals surface area contributed by atoms with Crippen LogP contribution in [0.3, 0.4) is 0 Å². The molecule has 0 fully saturated rings. The summed E-state index contributed by atoms with van der Waals surface area (Å²) in [6.45, 7) is 6.74. The highest BCUT2D eigenvalue weighted by Gasteiger charge is 2.11. The SMILES string of the molecule is Cc1noc(C)c1CNC(C)c1ccccn1. The maximum Gasteiger partial charge on any atom is 0.138 e. The quantitative estimate of drug-likeness (QED) is 0.878. The summed E-state index contributed by atoms with van der Waals surface area (Å²) in [6, 6.07) is 6.15. The van der Waals surface area contributed by atoms with Crippen LogP contribution in [0.15, 0.2) is 28.9 Å². The van der Waals surface area contributed by atoms with Gasteiger partial charge in [0.2, 0.25) is 0 Å². The first-order chi connectivity index (χ1) is 8.18. The zero-order chi connectivity index (χ0) is 12.3. The average Bonchev–Trinajstić information content (AvgIpc) is 2.67. The van der Waals surface area contributed by atoms with Crippen molar-refractivity contribution in [1.29, 1.82) is 0 Å². The number of aromatic nitrogens is 2. The van der Waals surface area contributed by atoms with Crippen molar-refractivity contribution in [2.24, 2.45) is 0 Å². The van der Waals surface area contributed by atoms with E-state index in [0.717, 1.165) is 29.3 Å². The van der Waals surface area contributed by atoms with Crippen LogP contribution in [0.1, 0.15) is 35.7 Å². The normalized spacial score (nSPS) is 12.6. The van der Waals surface area contributed by atoms with E-state index in [1.54, 1.807) is 0 Å². The Morgan fingerprint density at radius 2 is 2.18 bits per heavy atom. The van der Waals surface area contributed by atoms with Gasteiger partial charge in [-0.25, -0.2) is 0 Å². The van der Waals surface area contributed by atoms with Gasteiger partial charge in [-0.2, -0.15) is 0 Å². The van der Waals surface area contributed by atoms with Crippen LogP contribution in [0.2, 0.25) is 0 Å². The van der Waals surface area contributed by atoms with Crippen LogP contribution >= 0.6 is 0 Å². The molecule has 0 aliphatic heterocycles. The summed E-state index contributed by atoms with van der Waals surface area (Å²) in [6.07, 6.45) is 1.81. The van der Waals surface area contributed by atoms with E-state index in [0.29, 0.717) is 0 Å². The van der Waals surface area contributed by atoms with E-state index in [2.05, 4.69) is 22.4 Å². The molecule has 2 aromatic heterocycles. The fraction of sp³-hybridized carbons (Fsp3) is 0.385. The van der Waals surface area contributed by atoms with Crippen molar-refractivity contribution in [3.63, 3.8) is 0 Å². The lowest BCUT2D eigenvalue weighted by molar-refractivity contribution is 0.391. The number of hydrogen-bond acceptors (Lipinski definition) is 4. The Morgan fingerprint density at radius 1 is 1.35 bits per heavy atom. The van der Waals surface area contributed by atoms with Gasteiger partial charge in [0.15, 0.2) is 0 Å². The summed E-state index contributed by atoms with van der Waals surface area (Å²) in [4.78, 5) is 4.32. The molecule has 0 amide bonds. The van der Waals surface area contributed by atoms with Crippen molar-refractivity contribution in [2.45, 2.75) is 33.4 Å². The number of rotatable bonds is 4. The molecule has 4 nitrogen and oxygen atoms in total. The summed E-state index contributed by atoms with van der Waals surface area (Å²) in [5, 5.41) is 7.36. The minimum atomic E-state index is 0.213. The van der Waals surface area contributed by atoms with Crippen molar-refractivity contribution in [1.82, 2.24) is 15.5 Å². The number of nitrogens with zero attached hydrogens (tertiary/aromatic N) is 2. The second-order valence-corrected chi connectivity index (χ2v) is 4.16. The van der Waals surface area contributed by atoms with Crippen LogP contribution in [0.25, 0.3) is 0 Å². The summed E-state index contributed by atoms with van der Waals surface area (Å²) in [5.74, 6) is 0.878. The molecule has 0 saturated carbocycles. The van der Waals surface area contributed by atoms with Crippen LogP contribution in [-0.2, 0) is 6.54 Å². The molecular formula is C13H17N3O. The van der Waals surface area contributed by atoms with Crippen LogP contribution in [-0.4, -0.2) is 10.1 Å². The molecule has 1 unspecified atom stereocenters. The van der Waals surface area contributed by atoms with Gasteiger partial charge in [0.05, 0.1) is 11.4 Å². The molecule has 2 rings (SSSR count). The molecule has 0 aliphatic rings. The van der Waals surface area contributed by atoms with E-state index in [-0.39, 0.29) is 6.04 Å². The van der Waals surface area contributed by atoms with Gasteiger partial charge in [0.1, 0.15) is 5.76 Å². The minimum absolute atomic E-state index is 0.213. The van der Waals surface area contributed by atoms with Gasteiger partial charge in [-0.3, -0.25) is 4.98 Å². The van der Waals surface area contributed by atoms with E-state index in [1.165, 1.54) is 0 Å². The van der Waals surface area contributed by atoms with Gasteiger partial charge in [-0.05, 0) is 32.9 Å². The average molecular weight is 231 g/mol. The topological polar surface area (TPSA) is 51.0 Å². The van der Waals surface area contributed by atoms with Crippen molar-refractivity contribution in [2.75, 3.05) is 0 Å². The molecule has 17 heavy (non-hydrogen) atoms. The minimum Gasteiger partial charge on any atom is -0.361 e. The summed E-state index contributed by atoms with van der Waals surface area (Å²) < 4.78 is 5.13. The third-order valence-electron chi connectivity index (χ3n) is 2.90. The molecule has 0 aromatic carbocycles. The molecule has 0 saturated heterocycles. The first-order valence-corrected chi connectivity index (χ1v) is 5.74. The Labute approximate surface area is 101 Å². The molecule has 4 heteroatoms. The second kappa shape index (κ2) is 5.10. The van der Waals surface area contributed by atoms with Crippen molar-refractivity contribution < 1.29 is 4.52 Å². The number of hydrogen-bond donors (Lipinski definition) is 1. The smallest absolute Gasteiger partial charge is 0.138 e. The van der Waals surface area contributed by atoms with Crippen molar-refractivity contribution in [3.8, 4) is 0 Å². The lowest BCUT2D eigenvalue weighted by Gasteiger charge is -2.12. The van der Waals surface area contributed by atoms with Crippen LogP contribution in [0.4, 0.5) is 0 Å². The highest BCUT2D eigenvalue weighted by molar-refractivity contribution is 5.20. The standard InChI is InChI=1S/C13H17N3O/c1-9-12(11(3)17-16-9)8-15-10(2)13-6-4-5-7-14-13/h4-7,10,15H,8H2,1-3H3. The number of nitrogens with one attached hydrogen (secondary N) is 1. The Balaban J connectivity index is 1.99. The van der Waals surface area contributed by atoms with E-state index in [4.69, 9.17) is 4.52 Å². The molecule has 1 N–H and O–H groups in total. The lowest BCUT2D eigenvalue weighted by Crippen LogP contribution is -2.19. The Bertz CT molecular complexity index is 459. The predicted octanol–water partition coefficient (Wildman–Crippen LogP) is 2.54. The summed E-state index contributed by atoms with van der Waals surface area (Å²) in [7, 11) is 0. The highest BCUT2D eigenvalue weighted by Crippen LogP contribution is 2.14. The Kier molecular flexibility index (Phi) is 3.54. The molecule has 0 spiro atoms. The molecule has 90 valence electrons. The monoisotopic (exact) mass is 231 g/mol. The maximum absolute atomic E-state index is 5.13.